The molecule has 0 unspecified atom stereocenters. The Hall–Kier alpha value is -4.07. The summed E-state index contributed by atoms with van der Waals surface area (Å²) in [7, 11) is 3.08. The number of phenolic OH excluding ortho intramolecular Hbond substituents is 1. The molecular weight excluding hydrogens is 454 g/mol. The normalized spacial score (nSPS) is 11.6. The molecule has 0 radical (unpaired) electrons. The number of aromatic nitrogens is 5. The zero-order valence-corrected chi connectivity index (χ0v) is 20.9. The van der Waals surface area contributed by atoms with Gasteiger partial charge in [0.2, 0.25) is 5.78 Å². The van der Waals surface area contributed by atoms with E-state index in [-0.39, 0.29) is 5.75 Å². The number of rotatable bonds is 8. The topological polar surface area (TPSA) is 86.5 Å². The van der Waals surface area contributed by atoms with Gasteiger partial charge in [-0.25, -0.2) is 4.79 Å². The van der Waals surface area contributed by atoms with Gasteiger partial charge in [0, 0.05) is 31.9 Å². The lowest BCUT2D eigenvalue weighted by molar-refractivity contribution is 0.475. The van der Waals surface area contributed by atoms with Gasteiger partial charge < -0.3 is 5.11 Å². The van der Waals surface area contributed by atoms with Gasteiger partial charge in [-0.15, -0.1) is 0 Å². The van der Waals surface area contributed by atoms with E-state index in [1.165, 1.54) is 49.3 Å². The second-order valence-corrected chi connectivity index (χ2v) is 9.39. The van der Waals surface area contributed by atoms with Gasteiger partial charge in [0.25, 0.3) is 5.56 Å². The Morgan fingerprint density at radius 1 is 0.917 bits per heavy atom. The SMILES string of the molecule is CCCCCCCc1ccc(-c2cn3c4c(=O)n(C)c(=O)n(C)c4nc3n2-c2cccc(O)c2)cc1. The van der Waals surface area contributed by atoms with Crippen LogP contribution in [-0.2, 0) is 20.5 Å². The van der Waals surface area contributed by atoms with Crippen LogP contribution in [0.4, 0.5) is 0 Å². The van der Waals surface area contributed by atoms with Crippen LogP contribution in [0.25, 0.3) is 33.9 Å². The van der Waals surface area contributed by atoms with Gasteiger partial charge >= 0.3 is 5.69 Å². The average Bonchev–Trinajstić information content (AvgIpc) is 3.43. The van der Waals surface area contributed by atoms with Crippen LogP contribution in [0, 0.1) is 0 Å². The molecule has 0 aliphatic rings. The fourth-order valence-electron chi connectivity index (χ4n) is 4.84. The third-order valence-electron chi connectivity index (χ3n) is 6.87. The summed E-state index contributed by atoms with van der Waals surface area (Å²) in [5, 5.41) is 10.2. The largest absolute Gasteiger partial charge is 0.508 e. The van der Waals surface area contributed by atoms with Crippen LogP contribution in [0.2, 0.25) is 0 Å². The predicted molar refractivity (Wildman–Crippen MR) is 142 cm³/mol. The molecule has 5 rings (SSSR count). The van der Waals surface area contributed by atoms with E-state index in [9.17, 15) is 14.7 Å². The lowest BCUT2D eigenvalue weighted by Crippen LogP contribution is -2.37. The number of aromatic hydroxyl groups is 1. The summed E-state index contributed by atoms with van der Waals surface area (Å²) in [6.07, 6.45) is 9.17. The molecule has 3 heterocycles. The molecule has 5 aromatic rings. The summed E-state index contributed by atoms with van der Waals surface area (Å²) in [5.41, 5.74) is 3.61. The quantitative estimate of drug-likeness (QED) is 0.327. The molecule has 0 atom stereocenters. The molecule has 0 spiro atoms. The van der Waals surface area contributed by atoms with E-state index >= 15 is 0 Å². The van der Waals surface area contributed by atoms with Crippen molar-refractivity contribution >= 4 is 16.9 Å². The first-order chi connectivity index (χ1) is 17.4. The monoisotopic (exact) mass is 485 g/mol. The van der Waals surface area contributed by atoms with Crippen LogP contribution in [0.5, 0.6) is 5.75 Å². The summed E-state index contributed by atoms with van der Waals surface area (Å²) in [4.78, 5) is 30.3. The summed E-state index contributed by atoms with van der Waals surface area (Å²) in [6, 6.07) is 15.4. The lowest BCUT2D eigenvalue weighted by Gasteiger charge is -2.10. The summed E-state index contributed by atoms with van der Waals surface area (Å²) < 4.78 is 6.12. The van der Waals surface area contributed by atoms with E-state index < -0.39 is 11.2 Å². The smallest absolute Gasteiger partial charge is 0.332 e. The molecule has 0 aliphatic carbocycles. The maximum Gasteiger partial charge on any atom is 0.332 e. The van der Waals surface area contributed by atoms with Gasteiger partial charge in [0.1, 0.15) is 5.75 Å². The maximum absolute atomic E-state index is 13.1. The fraction of sp³-hybridized carbons (Fsp3) is 0.321. The lowest BCUT2D eigenvalue weighted by atomic mass is 10.0. The van der Waals surface area contributed by atoms with Gasteiger partial charge in [0.05, 0.1) is 11.4 Å². The first-order valence-corrected chi connectivity index (χ1v) is 12.5. The third-order valence-corrected chi connectivity index (χ3v) is 6.87. The zero-order valence-electron chi connectivity index (χ0n) is 20.9. The molecule has 1 N–H and O–H groups in total. The van der Waals surface area contributed by atoms with Crippen LogP contribution in [-0.4, -0.2) is 28.2 Å². The Morgan fingerprint density at radius 2 is 1.67 bits per heavy atom. The Labute approximate surface area is 208 Å². The highest BCUT2D eigenvalue weighted by Crippen LogP contribution is 2.30. The number of aryl methyl sites for hydroxylation is 2. The van der Waals surface area contributed by atoms with Gasteiger partial charge in [-0.2, -0.15) is 4.98 Å². The molecule has 0 bridgehead atoms. The van der Waals surface area contributed by atoms with E-state index in [1.54, 1.807) is 29.6 Å². The minimum Gasteiger partial charge on any atom is -0.508 e. The van der Waals surface area contributed by atoms with Gasteiger partial charge in [-0.05, 0) is 30.5 Å². The highest BCUT2D eigenvalue weighted by atomic mass is 16.3. The molecule has 8 heteroatoms. The first kappa shape index (κ1) is 23.7. The molecule has 3 aromatic heterocycles. The van der Waals surface area contributed by atoms with Crippen LogP contribution < -0.4 is 11.2 Å². The maximum atomic E-state index is 13.1. The minimum atomic E-state index is -0.428. The van der Waals surface area contributed by atoms with Crippen molar-refractivity contribution in [2.75, 3.05) is 0 Å². The van der Waals surface area contributed by atoms with Crippen molar-refractivity contribution in [1.29, 1.82) is 0 Å². The Kier molecular flexibility index (Phi) is 6.26. The molecule has 186 valence electrons. The Balaban J connectivity index is 1.65. The predicted octanol–water partition coefficient (Wildman–Crippen LogP) is 4.56. The van der Waals surface area contributed by atoms with E-state index in [1.807, 2.05) is 16.8 Å². The number of nitrogens with zero attached hydrogens (tertiary/aromatic N) is 5. The van der Waals surface area contributed by atoms with Gasteiger partial charge in [-0.3, -0.25) is 22.9 Å². The van der Waals surface area contributed by atoms with Crippen LogP contribution in [0.1, 0.15) is 44.6 Å². The van der Waals surface area contributed by atoms with Crippen molar-refractivity contribution in [2.24, 2.45) is 14.1 Å². The van der Waals surface area contributed by atoms with Crippen LogP contribution >= 0.6 is 0 Å². The molecule has 2 aromatic carbocycles. The standard InChI is InChI=1S/C28H31N5O3/c1-4-5-6-7-8-10-19-13-15-20(16-14-19)23-18-32-24-25(30(2)28(36)31(3)26(24)35)29-27(32)33(23)21-11-9-12-22(34)17-21/h9,11-18,34H,4-8,10H2,1-3H3. The number of hydrogen-bond donors (Lipinski definition) is 1. The highest BCUT2D eigenvalue weighted by molar-refractivity contribution is 5.79. The van der Waals surface area contributed by atoms with Crippen molar-refractivity contribution < 1.29 is 5.11 Å². The van der Waals surface area contributed by atoms with E-state index in [0.29, 0.717) is 22.6 Å². The van der Waals surface area contributed by atoms with Gasteiger partial charge in [-0.1, -0.05) is 62.9 Å². The second-order valence-electron chi connectivity index (χ2n) is 9.39. The molecule has 0 amide bonds. The van der Waals surface area contributed by atoms with Crippen LogP contribution in [0.15, 0.2) is 64.3 Å². The number of imidazole rings is 2. The summed E-state index contributed by atoms with van der Waals surface area (Å²) in [5.74, 6) is 0.618. The Morgan fingerprint density at radius 3 is 2.39 bits per heavy atom. The molecular formula is C28H31N5O3. The second kappa shape index (κ2) is 9.53. The van der Waals surface area contributed by atoms with Crippen molar-refractivity contribution in [3.05, 3.63) is 81.1 Å². The molecule has 0 fully saturated rings. The number of unbranched alkanes of at least 4 members (excludes halogenated alkanes) is 4. The minimum absolute atomic E-state index is 0.128. The van der Waals surface area contributed by atoms with Gasteiger partial charge in [0.15, 0.2) is 11.2 Å². The first-order valence-electron chi connectivity index (χ1n) is 12.5. The average molecular weight is 486 g/mol. The van der Waals surface area contributed by atoms with Crippen LogP contribution in [0.3, 0.4) is 0 Å². The van der Waals surface area contributed by atoms with Crippen molar-refractivity contribution in [2.45, 2.75) is 45.4 Å². The molecule has 36 heavy (non-hydrogen) atoms. The highest BCUT2D eigenvalue weighted by Gasteiger charge is 2.21. The van der Waals surface area contributed by atoms with E-state index in [2.05, 4.69) is 31.2 Å². The summed E-state index contributed by atoms with van der Waals surface area (Å²) >= 11 is 0. The van der Waals surface area contributed by atoms with E-state index in [0.717, 1.165) is 22.2 Å². The molecule has 0 saturated carbocycles. The van der Waals surface area contributed by atoms with Crippen molar-refractivity contribution in [1.82, 2.24) is 23.1 Å². The number of benzene rings is 2. The van der Waals surface area contributed by atoms with Crippen molar-refractivity contribution in [3.63, 3.8) is 0 Å². The zero-order chi connectivity index (χ0) is 25.4. The molecule has 8 nitrogen and oxygen atoms in total. The summed E-state index contributed by atoms with van der Waals surface area (Å²) in [6.45, 7) is 2.23. The third kappa shape index (κ3) is 4.02. The molecule has 0 saturated heterocycles. The fourth-order valence-corrected chi connectivity index (χ4v) is 4.84. The number of hydrogen-bond acceptors (Lipinski definition) is 4. The number of fused-ring (bicyclic) bond motifs is 3. The molecule has 0 aliphatic heterocycles. The van der Waals surface area contributed by atoms with E-state index in [4.69, 9.17) is 4.98 Å². The van der Waals surface area contributed by atoms with Crippen molar-refractivity contribution in [3.8, 4) is 22.7 Å². The Bertz CT molecular complexity index is 1670. The number of phenols is 1.